The van der Waals surface area contributed by atoms with E-state index in [0.717, 1.165) is 83.5 Å². The molecule has 1 aliphatic heterocycles. The van der Waals surface area contributed by atoms with Gasteiger partial charge in [0.15, 0.2) is 9.84 Å². The summed E-state index contributed by atoms with van der Waals surface area (Å²) in [6, 6.07) is -3.20. The number of hydrogen-bond donors (Lipinski definition) is 4. The van der Waals surface area contributed by atoms with E-state index in [0.29, 0.717) is 31.7 Å². The lowest BCUT2D eigenvalue weighted by molar-refractivity contribution is -0.145. The lowest BCUT2D eigenvalue weighted by Crippen LogP contribution is -2.63. The van der Waals surface area contributed by atoms with Crippen molar-refractivity contribution in [1.82, 2.24) is 26.2 Å². The van der Waals surface area contributed by atoms with E-state index in [2.05, 4.69) is 35.1 Å². The number of urea groups is 1. The summed E-state index contributed by atoms with van der Waals surface area (Å²) in [5.41, 5.74) is -1.10. The predicted octanol–water partition coefficient (Wildman–Crippen LogP) is 4.16. The highest BCUT2D eigenvalue weighted by molar-refractivity contribution is 7.92. The molecule has 3 unspecified atom stereocenters. The van der Waals surface area contributed by atoms with Gasteiger partial charge in [-0.2, -0.15) is 0 Å². The topological polar surface area (TPSA) is 171 Å². The molecule has 0 spiro atoms. The number of ketones is 1. The minimum Gasteiger partial charge on any atom is -0.347 e. The van der Waals surface area contributed by atoms with E-state index in [1.807, 2.05) is 0 Å². The number of piperidine rings is 1. The van der Waals surface area contributed by atoms with Crippen LogP contribution in [-0.2, 0) is 29.0 Å². The number of hydrogen-bond acceptors (Lipinski definition) is 7. The van der Waals surface area contributed by atoms with Crippen molar-refractivity contribution in [1.29, 1.82) is 0 Å². The van der Waals surface area contributed by atoms with Gasteiger partial charge < -0.3 is 26.2 Å². The molecule has 0 radical (unpaired) electrons. The molecule has 52 heavy (non-hydrogen) atoms. The van der Waals surface area contributed by atoms with E-state index in [4.69, 9.17) is 0 Å². The Kier molecular flexibility index (Phi) is 11.1. The molecule has 13 heteroatoms. The Bertz CT molecular complexity index is 1500. The molecule has 5 atom stereocenters. The smallest absolute Gasteiger partial charge is 0.315 e. The standard InChI is InChI=1S/C39H63N5O7S/c1-37(2,3)52(50,51)23-39(20-10-7-11-21-39)43-36(49)42-30(25-12-8-6-9-13-25)35(48)44-22-27-29(38(27,4)5)31(44)33(46)41-28(19-16-24-14-15-24)32(45)34(47)40-26-17-18-26/h24-31H,6-23H2,1-5H3,(H,40,47)(H,41,46)(H2,42,43,49)/t27?,28-,29?,30-,31?/m0/s1. The maximum atomic E-state index is 14.8. The zero-order valence-corrected chi connectivity index (χ0v) is 32.9. The van der Waals surface area contributed by atoms with Crippen LogP contribution in [0.1, 0.15) is 137 Å². The first-order valence-electron chi connectivity index (χ1n) is 20.2. The normalized spacial score (nSPS) is 28.2. The molecule has 0 aromatic carbocycles. The van der Waals surface area contributed by atoms with Crippen molar-refractivity contribution in [3.05, 3.63) is 0 Å². The lowest BCUT2D eigenvalue weighted by Gasteiger charge is -2.41. The van der Waals surface area contributed by atoms with Gasteiger partial charge in [0.2, 0.25) is 17.6 Å². The quantitative estimate of drug-likeness (QED) is 0.194. The van der Waals surface area contributed by atoms with Crippen molar-refractivity contribution < 1.29 is 32.4 Å². The van der Waals surface area contributed by atoms with Gasteiger partial charge in [0.05, 0.1) is 22.1 Å². The third-order valence-electron chi connectivity index (χ3n) is 13.4. The number of Topliss-reactive ketones (excluding diaryl/α,β-unsaturated/α-hetero) is 1. The SMILES string of the molecule is CC1(C)C2CN(C(=O)[C@@H](NC(=O)NC3(CS(=O)(=O)C(C)(C)C)CCCCC3)C3CCCCC3)C(C(=O)N[C@@H](CCC3CC3)C(=O)C(=O)NC3CC3)C21. The molecule has 12 nitrogen and oxygen atoms in total. The molecule has 4 N–H and O–H groups in total. The molecule has 1 heterocycles. The molecular weight excluding hydrogens is 683 g/mol. The molecular formula is C39H63N5O7S. The number of likely N-dealkylation sites (tertiary alicyclic amines) is 1. The van der Waals surface area contributed by atoms with E-state index in [1.54, 1.807) is 25.7 Å². The molecule has 5 aliphatic carbocycles. The predicted molar refractivity (Wildman–Crippen MR) is 198 cm³/mol. The summed E-state index contributed by atoms with van der Waals surface area (Å²) in [5.74, 6) is -1.81. The second-order valence-corrected chi connectivity index (χ2v) is 21.5. The molecule has 0 aromatic rings. The number of carbonyl (C=O) groups excluding carboxylic acids is 5. The third-order valence-corrected chi connectivity index (χ3v) is 16.2. The summed E-state index contributed by atoms with van der Waals surface area (Å²) in [7, 11) is -3.55. The van der Waals surface area contributed by atoms with Crippen LogP contribution in [0.3, 0.4) is 0 Å². The third kappa shape index (κ3) is 8.65. The molecule has 5 amide bonds. The Morgan fingerprint density at radius 3 is 2.08 bits per heavy atom. The summed E-state index contributed by atoms with van der Waals surface area (Å²) in [6.45, 7) is 9.61. The first kappa shape index (κ1) is 39.0. The fourth-order valence-corrected chi connectivity index (χ4v) is 10.9. The lowest BCUT2D eigenvalue weighted by atomic mass is 9.82. The maximum absolute atomic E-state index is 14.8. The molecule has 6 rings (SSSR count). The largest absolute Gasteiger partial charge is 0.347 e. The van der Waals surface area contributed by atoms with Crippen molar-refractivity contribution in [2.75, 3.05) is 12.3 Å². The van der Waals surface area contributed by atoms with Gasteiger partial charge in [0, 0.05) is 12.6 Å². The van der Waals surface area contributed by atoms with E-state index in [-0.39, 0.29) is 40.9 Å². The highest BCUT2D eigenvalue weighted by Crippen LogP contribution is 2.65. The second kappa shape index (κ2) is 14.9. The van der Waals surface area contributed by atoms with Gasteiger partial charge in [-0.15, -0.1) is 0 Å². The fourth-order valence-electron chi connectivity index (χ4n) is 9.35. The molecule has 1 saturated heterocycles. The maximum Gasteiger partial charge on any atom is 0.315 e. The molecule has 0 bridgehead atoms. The minimum atomic E-state index is -3.55. The van der Waals surface area contributed by atoms with Crippen molar-refractivity contribution in [3.8, 4) is 0 Å². The van der Waals surface area contributed by atoms with Crippen molar-refractivity contribution in [2.24, 2.45) is 29.1 Å². The van der Waals surface area contributed by atoms with Crippen molar-refractivity contribution in [3.63, 3.8) is 0 Å². The number of carbonyl (C=O) groups is 5. The summed E-state index contributed by atoms with van der Waals surface area (Å²) in [6.07, 6.45) is 13.1. The monoisotopic (exact) mass is 745 g/mol. The van der Waals surface area contributed by atoms with Crippen LogP contribution < -0.4 is 21.3 Å². The van der Waals surface area contributed by atoms with Crippen molar-refractivity contribution >= 4 is 39.4 Å². The molecule has 292 valence electrons. The first-order chi connectivity index (χ1) is 24.4. The van der Waals surface area contributed by atoms with E-state index in [9.17, 15) is 32.4 Å². The van der Waals surface area contributed by atoms with Gasteiger partial charge in [0.1, 0.15) is 12.1 Å². The van der Waals surface area contributed by atoms with Crippen LogP contribution >= 0.6 is 0 Å². The first-order valence-corrected chi connectivity index (χ1v) is 21.8. The van der Waals surface area contributed by atoms with Crippen LogP contribution in [0.2, 0.25) is 0 Å². The minimum absolute atomic E-state index is 0.0181. The summed E-state index contributed by atoms with van der Waals surface area (Å²) in [5, 5.41) is 11.8. The Balaban J connectivity index is 1.21. The summed E-state index contributed by atoms with van der Waals surface area (Å²) < 4.78 is 25.9. The highest BCUT2D eigenvalue weighted by Gasteiger charge is 2.70. The van der Waals surface area contributed by atoms with Crippen LogP contribution in [0.5, 0.6) is 0 Å². The van der Waals surface area contributed by atoms with E-state index < -0.39 is 61.9 Å². The van der Waals surface area contributed by atoms with Gasteiger partial charge in [-0.05, 0) is 101 Å². The van der Waals surface area contributed by atoms with Crippen LogP contribution in [0.25, 0.3) is 0 Å². The molecule has 5 saturated carbocycles. The Morgan fingerprint density at radius 2 is 1.48 bits per heavy atom. The van der Waals surface area contributed by atoms with Gasteiger partial charge in [-0.3, -0.25) is 19.2 Å². The van der Waals surface area contributed by atoms with Crippen LogP contribution in [0.4, 0.5) is 4.79 Å². The van der Waals surface area contributed by atoms with Crippen molar-refractivity contribution in [2.45, 2.75) is 172 Å². The summed E-state index contributed by atoms with van der Waals surface area (Å²) in [4.78, 5) is 70.9. The van der Waals surface area contributed by atoms with Crippen LogP contribution in [0, 0.1) is 29.1 Å². The average Bonchev–Trinajstić information content (AvgIpc) is 4.04. The fraction of sp³-hybridized carbons (Fsp3) is 0.872. The van der Waals surface area contributed by atoms with Crippen LogP contribution in [-0.4, -0.2) is 89.6 Å². The number of sulfone groups is 1. The summed E-state index contributed by atoms with van der Waals surface area (Å²) >= 11 is 0. The van der Waals surface area contributed by atoms with Gasteiger partial charge in [0.25, 0.3) is 5.91 Å². The highest BCUT2D eigenvalue weighted by atomic mass is 32.2. The van der Waals surface area contributed by atoms with E-state index in [1.165, 1.54) is 0 Å². The van der Waals surface area contributed by atoms with Gasteiger partial charge in [-0.25, -0.2) is 13.2 Å². The average molecular weight is 746 g/mol. The van der Waals surface area contributed by atoms with Crippen LogP contribution in [0.15, 0.2) is 0 Å². The number of nitrogens with one attached hydrogen (secondary N) is 4. The number of nitrogens with zero attached hydrogens (tertiary/aromatic N) is 1. The molecule has 6 fully saturated rings. The molecule has 6 aliphatic rings. The van der Waals surface area contributed by atoms with Gasteiger partial charge in [-0.1, -0.05) is 65.2 Å². The number of amides is 5. The Hall–Kier alpha value is -2.70. The zero-order chi connectivity index (χ0) is 37.6. The molecule has 0 aromatic heterocycles. The Labute approximate surface area is 310 Å². The number of rotatable bonds is 14. The van der Waals surface area contributed by atoms with E-state index >= 15 is 0 Å². The second-order valence-electron chi connectivity index (χ2n) is 18.8. The number of fused-ring (bicyclic) bond motifs is 1. The Morgan fingerprint density at radius 1 is 0.846 bits per heavy atom. The van der Waals surface area contributed by atoms with Gasteiger partial charge >= 0.3 is 6.03 Å². The zero-order valence-electron chi connectivity index (χ0n) is 32.1.